The largest absolute Gasteiger partial charge is 0.460 e. The predicted octanol–water partition coefficient (Wildman–Crippen LogP) is 5.96. The van der Waals surface area contributed by atoms with Crippen LogP contribution in [0.2, 0.25) is 5.02 Å². The van der Waals surface area contributed by atoms with Crippen molar-refractivity contribution in [3.05, 3.63) is 95.4 Å². The molecule has 256 valence electrons. The van der Waals surface area contributed by atoms with Crippen molar-refractivity contribution < 1.29 is 38.8 Å². The molecule has 15 heteroatoms. The molecule has 5 aromatic rings. The van der Waals surface area contributed by atoms with E-state index < -0.39 is 50.5 Å². The number of aliphatic hydroxyl groups is 1. The monoisotopic (exact) mass is 709 g/mol. The van der Waals surface area contributed by atoms with Gasteiger partial charge in [0.25, 0.3) is 0 Å². The number of aliphatic hydroxyl groups excluding tert-OH is 1. The van der Waals surface area contributed by atoms with Crippen LogP contribution in [0.25, 0.3) is 21.8 Å². The molecule has 2 unspecified atom stereocenters. The van der Waals surface area contributed by atoms with Crippen molar-refractivity contribution in [1.82, 2.24) is 19.6 Å². The summed E-state index contributed by atoms with van der Waals surface area (Å²) in [6.45, 7) is 1.92. The summed E-state index contributed by atoms with van der Waals surface area (Å²) in [4.78, 5) is 21.1. The number of nitrogen functional groups attached to an aromatic ring is 1. The van der Waals surface area contributed by atoms with Crippen LogP contribution < -0.4 is 15.3 Å². The van der Waals surface area contributed by atoms with E-state index in [1.54, 1.807) is 54.6 Å². The van der Waals surface area contributed by atoms with Gasteiger partial charge in [0.2, 0.25) is 0 Å². The van der Waals surface area contributed by atoms with Gasteiger partial charge in [-0.05, 0) is 31.5 Å². The lowest BCUT2D eigenvalue weighted by atomic mass is 9.98. The number of terminal acetylenes is 1. The number of hydrogen-bond acceptors (Lipinski definition) is 10. The number of esters is 1. The SMILES string of the molecule is C#Cc1cn([C@@H]2O[C@H](COP(=O)(NC(C)C(=O)OCc3ccccc3)Oc3ccc(Cl)c4ccccc34)[C@@H](O)[C@@]2(C)F)c2ncnc(N)c12.[HH]. The molecule has 1 saturated heterocycles. The summed E-state index contributed by atoms with van der Waals surface area (Å²) in [7, 11) is -4.50. The zero-order chi connectivity index (χ0) is 34.9. The number of benzene rings is 3. The number of halogens is 2. The summed E-state index contributed by atoms with van der Waals surface area (Å²) in [5, 5.41) is 15.6. The van der Waals surface area contributed by atoms with Crippen LogP contribution in [0.15, 0.2) is 79.3 Å². The van der Waals surface area contributed by atoms with Crippen molar-refractivity contribution in [3.63, 3.8) is 0 Å². The molecule has 3 aromatic carbocycles. The fourth-order valence-electron chi connectivity index (χ4n) is 5.60. The van der Waals surface area contributed by atoms with Gasteiger partial charge in [-0.1, -0.05) is 72.1 Å². The molecule has 0 aliphatic carbocycles. The van der Waals surface area contributed by atoms with Gasteiger partial charge in [-0.2, -0.15) is 5.09 Å². The maximum absolute atomic E-state index is 16.3. The number of ether oxygens (including phenoxy) is 2. The maximum atomic E-state index is 16.3. The molecule has 3 heterocycles. The number of carbonyl (C=O) groups excluding carboxylic acids is 1. The number of rotatable bonds is 11. The van der Waals surface area contributed by atoms with Crippen molar-refractivity contribution in [1.29, 1.82) is 0 Å². The molecule has 0 bridgehead atoms. The standard InChI is InChI=1S/C34H32ClFN5O7P.H2/c1-4-22-16-41(31-28(22)30(37)38-19-39-31)33-34(3,36)29(42)27(47-33)18-46-49(44,40-20(2)32(43)45-17-21-10-6-5-7-11-21)48-26-15-14-25(35)23-12-8-9-13-24(23)26;/h1,5-16,19-20,27,29,33,42H,17-18H2,2-3H3,(H,40,44)(H2,37,38,39);1H/t20?,27-,29-,33-,34-,49?;/m1./s1. The first kappa shape index (κ1) is 34.3. The van der Waals surface area contributed by atoms with Gasteiger partial charge in [-0.15, -0.1) is 6.42 Å². The van der Waals surface area contributed by atoms with Crippen LogP contribution in [0.3, 0.4) is 0 Å². The van der Waals surface area contributed by atoms with Crippen molar-refractivity contribution >= 4 is 52.9 Å². The van der Waals surface area contributed by atoms with E-state index in [4.69, 9.17) is 42.3 Å². The van der Waals surface area contributed by atoms with E-state index in [0.717, 1.165) is 12.5 Å². The molecule has 6 atom stereocenters. The van der Waals surface area contributed by atoms with Gasteiger partial charge in [-0.3, -0.25) is 9.32 Å². The first-order valence-corrected chi connectivity index (χ1v) is 17.0. The van der Waals surface area contributed by atoms with Crippen molar-refractivity contribution in [2.45, 2.75) is 50.6 Å². The molecule has 0 amide bonds. The third-order valence-corrected chi connectivity index (χ3v) is 10.1. The van der Waals surface area contributed by atoms with Gasteiger partial charge in [0, 0.05) is 23.4 Å². The van der Waals surface area contributed by atoms with E-state index in [1.807, 2.05) is 6.07 Å². The fraction of sp³-hybridized carbons (Fsp3) is 0.265. The minimum atomic E-state index is -4.50. The number of hydrogen-bond donors (Lipinski definition) is 3. The highest BCUT2D eigenvalue weighted by molar-refractivity contribution is 7.52. The van der Waals surface area contributed by atoms with Gasteiger partial charge >= 0.3 is 13.7 Å². The Balaban J connectivity index is 0.00000486. The molecule has 4 N–H and O–H groups in total. The Bertz CT molecular complexity index is 2110. The Kier molecular flexibility index (Phi) is 9.64. The third kappa shape index (κ3) is 6.85. The van der Waals surface area contributed by atoms with Crippen molar-refractivity contribution in [2.24, 2.45) is 0 Å². The Labute approximate surface area is 287 Å². The van der Waals surface area contributed by atoms with Crippen LogP contribution in [0.1, 0.15) is 32.6 Å². The van der Waals surface area contributed by atoms with E-state index >= 15 is 4.39 Å². The number of nitrogens with one attached hydrogen (secondary N) is 1. The second-order valence-electron chi connectivity index (χ2n) is 11.6. The predicted molar refractivity (Wildman–Crippen MR) is 183 cm³/mol. The lowest BCUT2D eigenvalue weighted by molar-refractivity contribution is -0.146. The Morgan fingerprint density at radius 2 is 1.94 bits per heavy atom. The highest BCUT2D eigenvalue weighted by Crippen LogP contribution is 2.50. The van der Waals surface area contributed by atoms with E-state index in [-0.39, 0.29) is 25.2 Å². The second kappa shape index (κ2) is 13.8. The van der Waals surface area contributed by atoms with E-state index in [0.29, 0.717) is 26.7 Å². The summed E-state index contributed by atoms with van der Waals surface area (Å²) < 4.78 is 55.2. The first-order chi connectivity index (χ1) is 23.4. The van der Waals surface area contributed by atoms with E-state index in [1.165, 1.54) is 30.1 Å². The van der Waals surface area contributed by atoms with Crippen molar-refractivity contribution in [3.8, 4) is 18.1 Å². The van der Waals surface area contributed by atoms with Gasteiger partial charge in [0.1, 0.15) is 48.4 Å². The lowest BCUT2D eigenvalue weighted by Crippen LogP contribution is -2.41. The van der Waals surface area contributed by atoms with Crippen LogP contribution in [0, 0.1) is 12.3 Å². The molecule has 49 heavy (non-hydrogen) atoms. The zero-order valence-electron chi connectivity index (χ0n) is 26.3. The number of carbonyl (C=O) groups is 1. The number of fused-ring (bicyclic) bond motifs is 2. The molecule has 1 fully saturated rings. The molecule has 1 aliphatic rings. The number of aromatic nitrogens is 3. The van der Waals surface area contributed by atoms with Crippen LogP contribution in [-0.2, 0) is 30.0 Å². The van der Waals surface area contributed by atoms with Gasteiger partial charge in [0.15, 0.2) is 11.9 Å². The maximum Gasteiger partial charge on any atom is 0.459 e. The summed E-state index contributed by atoms with van der Waals surface area (Å²) in [6.07, 6.45) is 3.69. The topological polar surface area (TPSA) is 160 Å². The number of nitrogens with zero attached hydrogens (tertiary/aromatic N) is 3. The van der Waals surface area contributed by atoms with Gasteiger partial charge < -0.3 is 29.4 Å². The first-order valence-electron chi connectivity index (χ1n) is 15.1. The Hall–Kier alpha value is -4.54. The molecule has 6 rings (SSSR count). The van der Waals surface area contributed by atoms with Gasteiger partial charge in [-0.25, -0.2) is 18.9 Å². The van der Waals surface area contributed by atoms with E-state index in [9.17, 15) is 14.5 Å². The average molecular weight is 710 g/mol. The van der Waals surface area contributed by atoms with Crippen LogP contribution in [0.4, 0.5) is 10.2 Å². The average Bonchev–Trinajstić information content (AvgIpc) is 3.58. The fourth-order valence-corrected chi connectivity index (χ4v) is 7.34. The van der Waals surface area contributed by atoms with Crippen LogP contribution >= 0.6 is 19.3 Å². The number of anilines is 1. The summed E-state index contributed by atoms with van der Waals surface area (Å²) in [6, 6.07) is 17.9. The van der Waals surface area contributed by atoms with Crippen LogP contribution in [0.5, 0.6) is 5.75 Å². The smallest absolute Gasteiger partial charge is 0.459 e. The molecular formula is C34H34ClFN5O7P. The van der Waals surface area contributed by atoms with Crippen LogP contribution in [-0.4, -0.2) is 56.1 Å². The normalized spacial score (nSPS) is 22.4. The van der Waals surface area contributed by atoms with Gasteiger partial charge in [0.05, 0.1) is 17.6 Å². The molecule has 2 aromatic heterocycles. The quantitative estimate of drug-likeness (QED) is 0.0844. The number of nitrogens with two attached hydrogens (primary N) is 1. The number of alkyl halides is 1. The molecular weight excluding hydrogens is 676 g/mol. The minimum absolute atomic E-state index is 0. The van der Waals surface area contributed by atoms with E-state index in [2.05, 4.69) is 21.0 Å². The highest BCUT2D eigenvalue weighted by atomic mass is 35.5. The second-order valence-corrected chi connectivity index (χ2v) is 13.7. The molecule has 12 nitrogen and oxygen atoms in total. The Morgan fingerprint density at radius 3 is 2.67 bits per heavy atom. The molecule has 1 aliphatic heterocycles. The third-order valence-electron chi connectivity index (χ3n) is 8.15. The summed E-state index contributed by atoms with van der Waals surface area (Å²) in [5.74, 6) is 1.95. The summed E-state index contributed by atoms with van der Waals surface area (Å²) in [5.41, 5.74) is 4.85. The molecule has 0 spiro atoms. The molecule has 0 saturated carbocycles. The van der Waals surface area contributed by atoms with Crippen molar-refractivity contribution in [2.75, 3.05) is 12.3 Å². The minimum Gasteiger partial charge on any atom is -0.460 e. The highest BCUT2D eigenvalue weighted by Gasteiger charge is 2.56. The lowest BCUT2D eigenvalue weighted by Gasteiger charge is -2.26. The zero-order valence-corrected chi connectivity index (χ0v) is 28.0. The Morgan fingerprint density at radius 1 is 1.22 bits per heavy atom. The molecule has 0 radical (unpaired) electrons. The summed E-state index contributed by atoms with van der Waals surface area (Å²) >= 11 is 6.38.